The molecule has 0 rings (SSSR count). The van der Waals surface area contributed by atoms with Crippen LogP contribution in [0.1, 0.15) is 45.4 Å². The van der Waals surface area contributed by atoms with Gasteiger partial charge in [0.2, 0.25) is 6.29 Å². The van der Waals surface area contributed by atoms with Crippen LogP contribution < -0.4 is 0 Å². The molecule has 0 aliphatic heterocycles. The fraction of sp³-hybridized carbons (Fsp3) is 0.929. The van der Waals surface area contributed by atoms with Crippen molar-refractivity contribution < 1.29 is 40.2 Å². The standard InChI is InChI=1S/C14H28O8/c1-2-3-4-5-6-7-10(17)22-14(21)13(20)12(19)11(18)9(16)8-15/h9,11-16,18-21H,2-8H2,1H3/t9-,11-,12+,13+,14?/m1/s1. The van der Waals surface area contributed by atoms with Gasteiger partial charge in [0.05, 0.1) is 6.61 Å². The van der Waals surface area contributed by atoms with Gasteiger partial charge in [-0.1, -0.05) is 32.6 Å². The predicted molar refractivity (Wildman–Crippen MR) is 76.6 cm³/mol. The number of aliphatic hydroxyl groups excluding tert-OH is 6. The molecule has 0 saturated carbocycles. The molecule has 22 heavy (non-hydrogen) atoms. The Balaban J connectivity index is 4.12. The summed E-state index contributed by atoms with van der Waals surface area (Å²) in [7, 11) is 0. The molecule has 0 aromatic heterocycles. The third-order valence-corrected chi connectivity index (χ3v) is 3.31. The summed E-state index contributed by atoms with van der Waals surface area (Å²) in [6.07, 6.45) is -4.91. The second kappa shape index (κ2) is 11.8. The van der Waals surface area contributed by atoms with E-state index in [1.807, 2.05) is 0 Å². The van der Waals surface area contributed by atoms with Crippen LogP contribution in [0.15, 0.2) is 0 Å². The van der Waals surface area contributed by atoms with Crippen molar-refractivity contribution in [1.29, 1.82) is 0 Å². The lowest BCUT2D eigenvalue weighted by Gasteiger charge is -2.28. The normalized spacial score (nSPS) is 18.3. The highest BCUT2D eigenvalue weighted by molar-refractivity contribution is 5.69. The molecule has 0 aromatic carbocycles. The number of ether oxygens (including phenoxy) is 1. The van der Waals surface area contributed by atoms with Gasteiger partial charge in [-0.25, -0.2) is 0 Å². The molecule has 0 fully saturated rings. The Bertz CT molecular complexity index is 299. The molecule has 132 valence electrons. The van der Waals surface area contributed by atoms with E-state index in [4.69, 9.17) is 10.2 Å². The summed E-state index contributed by atoms with van der Waals surface area (Å²) in [6.45, 7) is 1.23. The summed E-state index contributed by atoms with van der Waals surface area (Å²) in [5, 5.41) is 55.7. The smallest absolute Gasteiger partial charge is 0.308 e. The van der Waals surface area contributed by atoms with Crippen LogP contribution in [-0.4, -0.2) is 73.9 Å². The Kier molecular flexibility index (Phi) is 11.3. The summed E-state index contributed by atoms with van der Waals surface area (Å²) in [4.78, 5) is 11.4. The molecule has 6 N–H and O–H groups in total. The molecule has 0 heterocycles. The van der Waals surface area contributed by atoms with Gasteiger partial charge in [-0.15, -0.1) is 0 Å². The first-order valence-corrected chi connectivity index (χ1v) is 7.55. The minimum absolute atomic E-state index is 0.0748. The van der Waals surface area contributed by atoms with E-state index in [0.717, 1.165) is 25.7 Å². The maximum absolute atomic E-state index is 11.4. The van der Waals surface area contributed by atoms with E-state index >= 15 is 0 Å². The zero-order chi connectivity index (χ0) is 17.1. The Morgan fingerprint density at radius 2 is 1.50 bits per heavy atom. The minimum Gasteiger partial charge on any atom is -0.433 e. The fourth-order valence-electron chi connectivity index (χ4n) is 1.84. The maximum atomic E-state index is 11.4. The zero-order valence-corrected chi connectivity index (χ0v) is 12.8. The maximum Gasteiger partial charge on any atom is 0.308 e. The van der Waals surface area contributed by atoms with Crippen LogP contribution in [0.5, 0.6) is 0 Å². The van der Waals surface area contributed by atoms with Crippen LogP contribution in [0.25, 0.3) is 0 Å². The third-order valence-electron chi connectivity index (χ3n) is 3.31. The average molecular weight is 324 g/mol. The van der Waals surface area contributed by atoms with Crippen LogP contribution in [0.4, 0.5) is 0 Å². The molecule has 5 atom stereocenters. The topological polar surface area (TPSA) is 148 Å². The number of hydrogen-bond donors (Lipinski definition) is 6. The number of unbranched alkanes of at least 4 members (excludes halogenated alkanes) is 4. The Hall–Kier alpha value is -0.770. The molecule has 0 bridgehead atoms. The van der Waals surface area contributed by atoms with Crippen LogP contribution in [0.3, 0.4) is 0 Å². The van der Waals surface area contributed by atoms with Gasteiger partial charge in [0.15, 0.2) is 0 Å². The van der Waals surface area contributed by atoms with E-state index < -0.39 is 43.3 Å². The van der Waals surface area contributed by atoms with Crippen LogP contribution >= 0.6 is 0 Å². The molecular formula is C14H28O8. The highest BCUT2D eigenvalue weighted by Crippen LogP contribution is 2.11. The number of hydrogen-bond acceptors (Lipinski definition) is 8. The van der Waals surface area contributed by atoms with Crippen LogP contribution in [0, 0.1) is 0 Å². The number of aliphatic hydroxyl groups is 6. The van der Waals surface area contributed by atoms with Crippen molar-refractivity contribution in [1.82, 2.24) is 0 Å². The highest BCUT2D eigenvalue weighted by Gasteiger charge is 2.35. The van der Waals surface area contributed by atoms with E-state index in [0.29, 0.717) is 6.42 Å². The first kappa shape index (κ1) is 21.2. The largest absolute Gasteiger partial charge is 0.433 e. The lowest BCUT2D eigenvalue weighted by atomic mass is 10.0. The molecule has 0 aliphatic carbocycles. The van der Waals surface area contributed by atoms with Gasteiger partial charge in [-0.2, -0.15) is 0 Å². The van der Waals surface area contributed by atoms with Gasteiger partial charge in [0.1, 0.15) is 24.4 Å². The molecule has 0 radical (unpaired) electrons. The first-order valence-electron chi connectivity index (χ1n) is 7.55. The molecule has 0 spiro atoms. The van der Waals surface area contributed by atoms with Gasteiger partial charge in [0.25, 0.3) is 0 Å². The van der Waals surface area contributed by atoms with Crippen molar-refractivity contribution in [3.05, 3.63) is 0 Å². The van der Waals surface area contributed by atoms with Crippen molar-refractivity contribution in [2.45, 2.75) is 76.2 Å². The van der Waals surface area contributed by atoms with Gasteiger partial charge in [-0.3, -0.25) is 4.79 Å². The Labute approximate surface area is 130 Å². The summed E-state index contributed by atoms with van der Waals surface area (Å²) in [5.41, 5.74) is 0. The Morgan fingerprint density at radius 1 is 0.909 bits per heavy atom. The zero-order valence-electron chi connectivity index (χ0n) is 12.8. The second-order valence-corrected chi connectivity index (χ2v) is 5.27. The van der Waals surface area contributed by atoms with Gasteiger partial charge >= 0.3 is 5.97 Å². The summed E-state index contributed by atoms with van der Waals surface area (Å²) >= 11 is 0. The van der Waals surface area contributed by atoms with Crippen LogP contribution in [-0.2, 0) is 9.53 Å². The van der Waals surface area contributed by atoms with Crippen molar-refractivity contribution in [3.8, 4) is 0 Å². The van der Waals surface area contributed by atoms with E-state index in [9.17, 15) is 25.2 Å². The van der Waals surface area contributed by atoms with Crippen molar-refractivity contribution in [2.75, 3.05) is 6.61 Å². The molecule has 1 unspecified atom stereocenters. The summed E-state index contributed by atoms with van der Waals surface area (Å²) < 4.78 is 4.55. The van der Waals surface area contributed by atoms with E-state index in [-0.39, 0.29) is 6.42 Å². The van der Waals surface area contributed by atoms with Crippen molar-refractivity contribution in [2.24, 2.45) is 0 Å². The van der Waals surface area contributed by atoms with Gasteiger partial charge < -0.3 is 35.4 Å². The quantitative estimate of drug-likeness (QED) is 0.147. The van der Waals surface area contributed by atoms with Crippen molar-refractivity contribution in [3.63, 3.8) is 0 Å². The number of carbonyl (C=O) groups excluding carboxylic acids is 1. The first-order chi connectivity index (χ1) is 10.3. The Morgan fingerprint density at radius 3 is 2.05 bits per heavy atom. The summed E-state index contributed by atoms with van der Waals surface area (Å²) in [6, 6.07) is 0. The lowest BCUT2D eigenvalue weighted by molar-refractivity contribution is -0.213. The van der Waals surface area contributed by atoms with E-state index in [1.165, 1.54) is 0 Å². The molecule has 0 amide bonds. The molecule has 0 saturated heterocycles. The van der Waals surface area contributed by atoms with Crippen molar-refractivity contribution >= 4 is 5.97 Å². The molecule has 8 heteroatoms. The fourth-order valence-corrected chi connectivity index (χ4v) is 1.84. The molecular weight excluding hydrogens is 296 g/mol. The predicted octanol–water partition coefficient (Wildman–Crippen LogP) is -1.36. The molecule has 0 aliphatic rings. The van der Waals surface area contributed by atoms with Gasteiger partial charge in [-0.05, 0) is 6.42 Å². The van der Waals surface area contributed by atoms with E-state index in [2.05, 4.69) is 11.7 Å². The number of esters is 1. The van der Waals surface area contributed by atoms with Crippen LogP contribution in [0.2, 0.25) is 0 Å². The third kappa shape index (κ3) is 8.02. The molecule has 8 nitrogen and oxygen atoms in total. The molecule has 0 aromatic rings. The monoisotopic (exact) mass is 324 g/mol. The average Bonchev–Trinajstić information content (AvgIpc) is 2.51. The highest BCUT2D eigenvalue weighted by atomic mass is 16.6. The lowest BCUT2D eigenvalue weighted by Crippen LogP contribution is -2.50. The number of rotatable bonds is 12. The van der Waals surface area contributed by atoms with Gasteiger partial charge in [0, 0.05) is 6.42 Å². The summed E-state index contributed by atoms with van der Waals surface area (Å²) in [5.74, 6) is -0.729. The SMILES string of the molecule is CCCCCCCC(=O)OC(O)[C@@H](O)[C@@H](O)[C@H](O)[C@H](O)CO. The van der Waals surface area contributed by atoms with E-state index in [1.54, 1.807) is 0 Å². The number of carbonyl (C=O) groups is 1. The minimum atomic E-state index is -2.03. The second-order valence-electron chi connectivity index (χ2n) is 5.27.